The lowest BCUT2D eigenvalue weighted by Crippen LogP contribution is -2.13. The molecule has 0 bridgehead atoms. The van der Waals surface area contributed by atoms with Gasteiger partial charge in [-0.3, -0.25) is 0 Å². The van der Waals surface area contributed by atoms with Gasteiger partial charge in [0.2, 0.25) is 0 Å². The molecule has 2 N–H and O–H groups in total. The third kappa shape index (κ3) is 2.68. The molecule has 0 radical (unpaired) electrons. The molecule has 108 valence electrons. The fourth-order valence-corrected chi connectivity index (χ4v) is 2.30. The average Bonchev–Trinajstić information content (AvgIpc) is 3.03. The van der Waals surface area contributed by atoms with Gasteiger partial charge < -0.3 is 19.5 Å². The molecule has 0 aromatic carbocycles. The number of imidazole rings is 1. The topological polar surface area (TPSA) is 83.3 Å². The zero-order valence-electron chi connectivity index (χ0n) is 11.9. The molecule has 0 fully saturated rings. The normalized spacial score (nSPS) is 12.3. The Morgan fingerprint density at radius 2 is 2.35 bits per heavy atom. The number of nitrogens with two attached hydrogens (primary N) is 1. The van der Waals surface area contributed by atoms with Gasteiger partial charge in [0.1, 0.15) is 17.4 Å². The molecule has 0 aliphatic heterocycles. The molecule has 6 heteroatoms. The number of esters is 1. The predicted octanol–water partition coefficient (Wildman–Crippen LogP) is 2.35. The van der Waals surface area contributed by atoms with Gasteiger partial charge in [-0.05, 0) is 32.4 Å². The molecular formula is C14H19N3O3. The Bertz CT molecular complexity index is 587. The molecule has 0 amide bonds. The number of carbonyl (C=O) groups excluding carboxylic acids is 1. The minimum absolute atomic E-state index is 0.117. The second-order valence-electron chi connectivity index (χ2n) is 4.72. The minimum Gasteiger partial charge on any atom is -0.469 e. The lowest BCUT2D eigenvalue weighted by Gasteiger charge is -2.16. The van der Waals surface area contributed by atoms with E-state index >= 15 is 0 Å². The van der Waals surface area contributed by atoms with Crippen molar-refractivity contribution in [3.63, 3.8) is 0 Å². The standard InChI is InChI=1S/C14H19N3O3/c1-9(6-7-11-5-4-8-20-11)17-10(2)16-12(13(17)15)14(18)19-3/h4-5,8-9H,6-7,15H2,1-3H3. The molecule has 2 rings (SSSR count). The Labute approximate surface area is 117 Å². The summed E-state index contributed by atoms with van der Waals surface area (Å²) in [6.07, 6.45) is 3.31. The van der Waals surface area contributed by atoms with Crippen molar-refractivity contribution in [3.05, 3.63) is 35.7 Å². The average molecular weight is 277 g/mol. The molecular weight excluding hydrogens is 258 g/mol. The molecule has 1 unspecified atom stereocenters. The molecule has 2 aromatic rings. The van der Waals surface area contributed by atoms with Crippen LogP contribution in [0.5, 0.6) is 0 Å². The third-order valence-corrected chi connectivity index (χ3v) is 3.33. The lowest BCUT2D eigenvalue weighted by molar-refractivity contribution is 0.0595. The van der Waals surface area contributed by atoms with Crippen LogP contribution in [0.4, 0.5) is 5.82 Å². The first-order valence-electron chi connectivity index (χ1n) is 6.49. The second-order valence-corrected chi connectivity index (χ2v) is 4.72. The predicted molar refractivity (Wildman–Crippen MR) is 74.5 cm³/mol. The summed E-state index contributed by atoms with van der Waals surface area (Å²) in [7, 11) is 1.32. The van der Waals surface area contributed by atoms with E-state index in [0.29, 0.717) is 11.6 Å². The number of aromatic nitrogens is 2. The van der Waals surface area contributed by atoms with Gasteiger partial charge in [-0.25, -0.2) is 9.78 Å². The molecule has 0 aliphatic rings. The van der Waals surface area contributed by atoms with Crippen LogP contribution < -0.4 is 5.73 Å². The number of carbonyl (C=O) groups is 1. The number of nitrogens with zero attached hydrogens (tertiary/aromatic N) is 2. The van der Waals surface area contributed by atoms with E-state index < -0.39 is 5.97 Å². The van der Waals surface area contributed by atoms with Crippen LogP contribution in [-0.4, -0.2) is 22.6 Å². The molecule has 2 aromatic heterocycles. The van der Waals surface area contributed by atoms with Crippen molar-refractivity contribution in [2.24, 2.45) is 0 Å². The van der Waals surface area contributed by atoms with Gasteiger partial charge in [-0.15, -0.1) is 0 Å². The highest BCUT2D eigenvalue weighted by Gasteiger charge is 2.21. The Hall–Kier alpha value is -2.24. The van der Waals surface area contributed by atoms with Crippen molar-refractivity contribution in [2.45, 2.75) is 32.7 Å². The maximum atomic E-state index is 11.6. The van der Waals surface area contributed by atoms with Crippen LogP contribution in [0.15, 0.2) is 22.8 Å². The largest absolute Gasteiger partial charge is 0.469 e. The van der Waals surface area contributed by atoms with Crippen LogP contribution in [0.25, 0.3) is 0 Å². The van der Waals surface area contributed by atoms with E-state index in [4.69, 9.17) is 10.2 Å². The number of furan rings is 1. The van der Waals surface area contributed by atoms with Crippen molar-refractivity contribution in [3.8, 4) is 0 Å². The molecule has 0 aliphatic carbocycles. The van der Waals surface area contributed by atoms with Crippen molar-refractivity contribution in [2.75, 3.05) is 12.8 Å². The van der Waals surface area contributed by atoms with Crippen molar-refractivity contribution in [1.82, 2.24) is 9.55 Å². The quantitative estimate of drug-likeness (QED) is 0.848. The summed E-state index contributed by atoms with van der Waals surface area (Å²) >= 11 is 0. The maximum Gasteiger partial charge on any atom is 0.360 e. The number of anilines is 1. The van der Waals surface area contributed by atoms with Gasteiger partial charge in [0, 0.05) is 12.5 Å². The van der Waals surface area contributed by atoms with Crippen LogP contribution >= 0.6 is 0 Å². The molecule has 20 heavy (non-hydrogen) atoms. The zero-order valence-corrected chi connectivity index (χ0v) is 11.9. The van der Waals surface area contributed by atoms with Crippen LogP contribution in [0.3, 0.4) is 0 Å². The summed E-state index contributed by atoms with van der Waals surface area (Å²) in [6.45, 7) is 3.86. The highest BCUT2D eigenvalue weighted by molar-refractivity contribution is 5.92. The molecule has 1 atom stereocenters. The molecule has 2 heterocycles. The fourth-order valence-electron chi connectivity index (χ4n) is 2.30. The van der Waals surface area contributed by atoms with Crippen molar-refractivity contribution < 1.29 is 13.9 Å². The van der Waals surface area contributed by atoms with Gasteiger partial charge in [-0.1, -0.05) is 0 Å². The number of rotatable bonds is 5. The van der Waals surface area contributed by atoms with E-state index in [1.54, 1.807) is 6.26 Å². The van der Waals surface area contributed by atoms with Crippen LogP contribution in [0.2, 0.25) is 0 Å². The number of aryl methyl sites for hydroxylation is 2. The zero-order chi connectivity index (χ0) is 14.7. The highest BCUT2D eigenvalue weighted by atomic mass is 16.5. The Balaban J connectivity index is 2.15. The third-order valence-electron chi connectivity index (χ3n) is 3.33. The summed E-state index contributed by atoms with van der Waals surface area (Å²) in [5.41, 5.74) is 6.18. The number of ether oxygens (including phenoxy) is 1. The van der Waals surface area contributed by atoms with Gasteiger partial charge in [0.15, 0.2) is 5.69 Å². The van der Waals surface area contributed by atoms with Gasteiger partial charge in [0.05, 0.1) is 13.4 Å². The van der Waals surface area contributed by atoms with E-state index in [1.165, 1.54) is 7.11 Å². The van der Waals surface area contributed by atoms with Crippen LogP contribution in [-0.2, 0) is 11.2 Å². The molecule has 0 saturated carbocycles. The first kappa shape index (κ1) is 14.2. The summed E-state index contributed by atoms with van der Waals surface area (Å²) in [5, 5.41) is 0. The Morgan fingerprint density at radius 3 is 2.95 bits per heavy atom. The highest BCUT2D eigenvalue weighted by Crippen LogP contribution is 2.24. The minimum atomic E-state index is -0.511. The summed E-state index contributed by atoms with van der Waals surface area (Å²) in [6, 6.07) is 3.93. The lowest BCUT2D eigenvalue weighted by atomic mass is 10.1. The monoisotopic (exact) mass is 277 g/mol. The van der Waals surface area contributed by atoms with E-state index in [0.717, 1.165) is 18.6 Å². The Morgan fingerprint density at radius 1 is 1.60 bits per heavy atom. The van der Waals surface area contributed by atoms with Gasteiger partial charge >= 0.3 is 5.97 Å². The molecule has 6 nitrogen and oxygen atoms in total. The fraction of sp³-hybridized carbons (Fsp3) is 0.429. The molecule has 0 spiro atoms. The SMILES string of the molecule is COC(=O)c1nc(C)n(C(C)CCc2ccco2)c1N. The van der Waals surface area contributed by atoms with Crippen molar-refractivity contribution >= 4 is 11.8 Å². The maximum absolute atomic E-state index is 11.6. The van der Waals surface area contributed by atoms with Gasteiger partial charge in [-0.2, -0.15) is 0 Å². The van der Waals surface area contributed by atoms with E-state index in [1.807, 2.05) is 30.5 Å². The van der Waals surface area contributed by atoms with E-state index in [2.05, 4.69) is 9.72 Å². The van der Waals surface area contributed by atoms with Crippen molar-refractivity contribution in [1.29, 1.82) is 0 Å². The number of hydrogen-bond acceptors (Lipinski definition) is 5. The number of methoxy groups -OCH3 is 1. The molecule has 0 saturated heterocycles. The second kappa shape index (κ2) is 5.81. The smallest absolute Gasteiger partial charge is 0.360 e. The van der Waals surface area contributed by atoms with Crippen LogP contribution in [0, 0.1) is 6.92 Å². The first-order chi connectivity index (χ1) is 9.54. The van der Waals surface area contributed by atoms with E-state index in [-0.39, 0.29) is 11.7 Å². The summed E-state index contributed by atoms with van der Waals surface area (Å²) in [5.74, 6) is 1.47. The summed E-state index contributed by atoms with van der Waals surface area (Å²) < 4.78 is 11.8. The summed E-state index contributed by atoms with van der Waals surface area (Å²) in [4.78, 5) is 15.8. The van der Waals surface area contributed by atoms with Crippen LogP contribution in [0.1, 0.15) is 41.5 Å². The first-order valence-corrected chi connectivity index (χ1v) is 6.49. The van der Waals surface area contributed by atoms with E-state index in [9.17, 15) is 4.79 Å². The van der Waals surface area contributed by atoms with Gasteiger partial charge in [0.25, 0.3) is 0 Å². The number of nitrogen functional groups attached to an aromatic ring is 1. The Kier molecular flexibility index (Phi) is 4.12. The number of hydrogen-bond donors (Lipinski definition) is 1.